The van der Waals surface area contributed by atoms with Crippen LogP contribution in [0.1, 0.15) is 25.3 Å². The van der Waals surface area contributed by atoms with Crippen molar-refractivity contribution < 1.29 is 23.8 Å². The van der Waals surface area contributed by atoms with E-state index in [1.807, 2.05) is 0 Å². The summed E-state index contributed by atoms with van der Waals surface area (Å²) in [6, 6.07) is 6.90. The molecule has 0 aliphatic carbocycles. The van der Waals surface area contributed by atoms with Crippen LogP contribution in [0.15, 0.2) is 47.1 Å². The molecule has 0 saturated heterocycles. The SMILES string of the molecule is CCOC(=O)C1=C(N)NC(N)=C(C(=O)OCC)C1c1ccc(OC)cc1. The minimum absolute atomic E-state index is 0.0369. The van der Waals surface area contributed by atoms with Gasteiger partial charge >= 0.3 is 11.9 Å². The van der Waals surface area contributed by atoms with Crippen molar-refractivity contribution in [1.29, 1.82) is 0 Å². The lowest BCUT2D eigenvalue weighted by Gasteiger charge is -2.29. The van der Waals surface area contributed by atoms with Crippen LogP contribution in [0.4, 0.5) is 0 Å². The summed E-state index contributed by atoms with van der Waals surface area (Å²) in [6.45, 7) is 3.70. The summed E-state index contributed by atoms with van der Waals surface area (Å²) in [7, 11) is 1.55. The second kappa shape index (κ2) is 8.28. The molecule has 0 radical (unpaired) electrons. The van der Waals surface area contributed by atoms with Gasteiger partial charge in [0.1, 0.15) is 17.4 Å². The van der Waals surface area contributed by atoms with Crippen molar-refractivity contribution in [3.8, 4) is 5.75 Å². The van der Waals surface area contributed by atoms with E-state index in [0.29, 0.717) is 11.3 Å². The molecule has 0 bridgehead atoms. The monoisotopic (exact) mass is 361 g/mol. The number of nitrogens with two attached hydrogens (primary N) is 2. The van der Waals surface area contributed by atoms with Crippen LogP contribution in [0.3, 0.4) is 0 Å². The predicted octanol–water partition coefficient (Wildman–Crippen LogP) is 0.849. The summed E-state index contributed by atoms with van der Waals surface area (Å²) in [6.07, 6.45) is 0. The van der Waals surface area contributed by atoms with Crippen LogP contribution in [0, 0.1) is 0 Å². The second-order valence-corrected chi connectivity index (χ2v) is 5.43. The Labute approximate surface area is 151 Å². The van der Waals surface area contributed by atoms with Crippen molar-refractivity contribution in [3.63, 3.8) is 0 Å². The number of carbonyl (C=O) groups excluding carboxylic acids is 2. The van der Waals surface area contributed by atoms with Crippen LogP contribution in [0.5, 0.6) is 5.75 Å². The van der Waals surface area contributed by atoms with Gasteiger partial charge in [-0.3, -0.25) is 0 Å². The van der Waals surface area contributed by atoms with Gasteiger partial charge in [0, 0.05) is 0 Å². The number of hydrogen-bond donors (Lipinski definition) is 3. The highest BCUT2D eigenvalue weighted by Crippen LogP contribution is 2.38. The Balaban J connectivity index is 2.60. The molecule has 8 nitrogen and oxygen atoms in total. The van der Waals surface area contributed by atoms with E-state index in [-0.39, 0.29) is 36.0 Å². The number of carbonyl (C=O) groups is 2. The maximum atomic E-state index is 12.5. The molecule has 8 heteroatoms. The van der Waals surface area contributed by atoms with E-state index < -0.39 is 17.9 Å². The summed E-state index contributed by atoms with van der Waals surface area (Å²) >= 11 is 0. The zero-order valence-corrected chi connectivity index (χ0v) is 15.0. The largest absolute Gasteiger partial charge is 0.497 e. The molecule has 0 aromatic heterocycles. The number of dihydropyridines is 1. The zero-order valence-electron chi connectivity index (χ0n) is 15.0. The number of nitrogens with one attached hydrogen (secondary N) is 1. The third-order valence-corrected chi connectivity index (χ3v) is 3.87. The van der Waals surface area contributed by atoms with Gasteiger partial charge < -0.3 is 31.0 Å². The Hall–Kier alpha value is -3.16. The van der Waals surface area contributed by atoms with Crippen molar-refractivity contribution in [2.75, 3.05) is 20.3 Å². The predicted molar refractivity (Wildman–Crippen MR) is 94.6 cm³/mol. The Morgan fingerprint density at radius 1 is 0.962 bits per heavy atom. The van der Waals surface area contributed by atoms with E-state index in [9.17, 15) is 9.59 Å². The van der Waals surface area contributed by atoms with Crippen molar-refractivity contribution in [2.45, 2.75) is 19.8 Å². The molecule has 5 N–H and O–H groups in total. The molecule has 1 aliphatic rings. The highest BCUT2D eigenvalue weighted by molar-refractivity contribution is 5.99. The van der Waals surface area contributed by atoms with Gasteiger partial charge in [-0.1, -0.05) is 12.1 Å². The third-order valence-electron chi connectivity index (χ3n) is 3.87. The van der Waals surface area contributed by atoms with Gasteiger partial charge in [-0.15, -0.1) is 0 Å². The van der Waals surface area contributed by atoms with Gasteiger partial charge in [-0.05, 0) is 31.5 Å². The Morgan fingerprint density at radius 3 is 1.81 bits per heavy atom. The smallest absolute Gasteiger partial charge is 0.338 e. The highest BCUT2D eigenvalue weighted by Gasteiger charge is 2.39. The minimum Gasteiger partial charge on any atom is -0.497 e. The van der Waals surface area contributed by atoms with E-state index >= 15 is 0 Å². The van der Waals surface area contributed by atoms with Gasteiger partial charge in [0.2, 0.25) is 0 Å². The van der Waals surface area contributed by atoms with Crippen LogP contribution in [-0.2, 0) is 19.1 Å². The van der Waals surface area contributed by atoms with Gasteiger partial charge in [0.25, 0.3) is 0 Å². The Morgan fingerprint density at radius 2 is 1.42 bits per heavy atom. The topological polar surface area (TPSA) is 126 Å². The zero-order chi connectivity index (χ0) is 19.3. The van der Waals surface area contributed by atoms with Crippen molar-refractivity contribution >= 4 is 11.9 Å². The molecule has 1 heterocycles. The summed E-state index contributed by atoms with van der Waals surface area (Å²) in [5.41, 5.74) is 12.8. The molecule has 0 spiro atoms. The molecular formula is C18H23N3O5. The first-order valence-corrected chi connectivity index (χ1v) is 8.19. The Kier molecular flexibility index (Phi) is 6.11. The minimum atomic E-state index is -0.819. The fraction of sp³-hybridized carbons (Fsp3) is 0.333. The first-order chi connectivity index (χ1) is 12.4. The van der Waals surface area contributed by atoms with Crippen LogP contribution in [0.2, 0.25) is 0 Å². The van der Waals surface area contributed by atoms with Gasteiger partial charge in [0.05, 0.1) is 37.4 Å². The molecule has 26 heavy (non-hydrogen) atoms. The van der Waals surface area contributed by atoms with Crippen LogP contribution >= 0.6 is 0 Å². The fourth-order valence-corrected chi connectivity index (χ4v) is 2.74. The van der Waals surface area contributed by atoms with E-state index in [1.54, 1.807) is 45.2 Å². The van der Waals surface area contributed by atoms with E-state index in [2.05, 4.69) is 5.32 Å². The molecule has 0 amide bonds. The molecule has 1 aromatic rings. The molecule has 0 fully saturated rings. The average molecular weight is 361 g/mol. The van der Waals surface area contributed by atoms with Crippen LogP contribution in [-0.4, -0.2) is 32.3 Å². The molecule has 140 valence electrons. The quantitative estimate of drug-likeness (QED) is 0.637. The van der Waals surface area contributed by atoms with Crippen LogP contribution < -0.4 is 21.5 Å². The summed E-state index contributed by atoms with van der Waals surface area (Å²) < 4.78 is 15.4. The lowest BCUT2D eigenvalue weighted by Crippen LogP contribution is -2.39. The third kappa shape index (κ3) is 3.74. The first kappa shape index (κ1) is 19.2. The van der Waals surface area contributed by atoms with Crippen molar-refractivity contribution in [2.24, 2.45) is 11.5 Å². The molecule has 0 atom stereocenters. The standard InChI is InChI=1S/C18H23N3O5/c1-4-25-17(22)13-12(10-6-8-11(24-3)9-7-10)14(18(23)26-5-2)16(20)21-15(13)19/h6-9,12,21H,4-5,19-20H2,1-3H3. The van der Waals surface area contributed by atoms with Crippen LogP contribution in [0.25, 0.3) is 0 Å². The maximum absolute atomic E-state index is 12.5. The fourth-order valence-electron chi connectivity index (χ4n) is 2.74. The van der Waals surface area contributed by atoms with Gasteiger partial charge in [-0.2, -0.15) is 0 Å². The first-order valence-electron chi connectivity index (χ1n) is 8.19. The van der Waals surface area contributed by atoms with E-state index in [0.717, 1.165) is 0 Å². The highest BCUT2D eigenvalue weighted by atomic mass is 16.5. The lowest BCUT2D eigenvalue weighted by atomic mass is 9.82. The molecule has 0 unspecified atom stereocenters. The second-order valence-electron chi connectivity index (χ2n) is 5.43. The van der Waals surface area contributed by atoms with E-state index in [1.165, 1.54) is 0 Å². The number of benzene rings is 1. The molecule has 2 rings (SSSR count). The summed E-state index contributed by atoms with van der Waals surface area (Å²) in [5.74, 6) is -1.38. The number of rotatable bonds is 6. The van der Waals surface area contributed by atoms with Crippen molar-refractivity contribution in [1.82, 2.24) is 5.32 Å². The summed E-state index contributed by atoms with van der Waals surface area (Å²) in [4.78, 5) is 25.0. The molecular weight excluding hydrogens is 338 g/mol. The molecule has 1 aliphatic heterocycles. The lowest BCUT2D eigenvalue weighted by molar-refractivity contribution is -0.139. The van der Waals surface area contributed by atoms with Gasteiger partial charge in [0.15, 0.2) is 0 Å². The number of ether oxygens (including phenoxy) is 3. The molecule has 1 aromatic carbocycles. The number of methoxy groups -OCH3 is 1. The Bertz CT molecular complexity index is 713. The molecule has 0 saturated carbocycles. The normalized spacial score (nSPS) is 14.7. The number of esters is 2. The van der Waals surface area contributed by atoms with E-state index in [4.69, 9.17) is 25.7 Å². The summed E-state index contributed by atoms with van der Waals surface area (Å²) in [5, 5.41) is 2.67. The number of hydrogen-bond acceptors (Lipinski definition) is 8. The average Bonchev–Trinajstić information content (AvgIpc) is 2.61. The maximum Gasteiger partial charge on any atom is 0.338 e. The van der Waals surface area contributed by atoms with Crippen molar-refractivity contribution in [3.05, 3.63) is 52.6 Å². The van der Waals surface area contributed by atoms with Gasteiger partial charge in [-0.25, -0.2) is 9.59 Å².